The van der Waals surface area contributed by atoms with Gasteiger partial charge in [0.1, 0.15) is 5.75 Å². The van der Waals surface area contributed by atoms with Crippen LogP contribution in [0.25, 0.3) is 0 Å². The molecule has 0 spiro atoms. The minimum atomic E-state index is 0.0670. The molecule has 1 aromatic heterocycles. The highest BCUT2D eigenvalue weighted by Gasteiger charge is 2.21. The van der Waals surface area contributed by atoms with Crippen molar-refractivity contribution in [2.24, 2.45) is 0 Å². The third-order valence-electron chi connectivity index (χ3n) is 3.31. The molecule has 1 heterocycles. The zero-order chi connectivity index (χ0) is 14.9. The van der Waals surface area contributed by atoms with E-state index in [1.54, 1.807) is 18.4 Å². The number of methoxy groups -OCH3 is 1. The molecule has 0 bridgehead atoms. The molecule has 1 aromatic carbocycles. The zero-order valence-electron chi connectivity index (χ0n) is 11.9. The topological polar surface area (TPSA) is 21.3 Å². The van der Waals surface area contributed by atoms with E-state index in [-0.39, 0.29) is 6.04 Å². The van der Waals surface area contributed by atoms with Crippen LogP contribution in [0.15, 0.2) is 22.7 Å². The van der Waals surface area contributed by atoms with Gasteiger partial charge in [-0.25, -0.2) is 0 Å². The van der Waals surface area contributed by atoms with Gasteiger partial charge < -0.3 is 10.1 Å². The van der Waals surface area contributed by atoms with Gasteiger partial charge in [0.2, 0.25) is 0 Å². The lowest BCUT2D eigenvalue weighted by molar-refractivity contribution is 0.403. The maximum Gasteiger partial charge on any atom is 0.138 e. The molecule has 0 saturated carbocycles. The van der Waals surface area contributed by atoms with Crippen LogP contribution in [0.1, 0.15) is 26.9 Å². The summed E-state index contributed by atoms with van der Waals surface area (Å²) in [6, 6.07) is 6.09. The molecule has 2 aromatic rings. The summed E-state index contributed by atoms with van der Waals surface area (Å²) < 4.78 is 6.40. The molecule has 5 heteroatoms. The standard InChI is InChI=1S/C15H17BrClNOS/c1-8-5-13(20-9(8)2)14(18-3)11-6-10(17)7-12(16)15(11)19-4/h5-7,14,18H,1-4H3. The van der Waals surface area contributed by atoms with Gasteiger partial charge >= 0.3 is 0 Å². The fraction of sp³-hybridized carbons (Fsp3) is 0.333. The molecule has 0 aliphatic carbocycles. The Balaban J connectivity index is 2.57. The van der Waals surface area contributed by atoms with E-state index < -0.39 is 0 Å². The van der Waals surface area contributed by atoms with Crippen LogP contribution in [0, 0.1) is 13.8 Å². The first kappa shape index (κ1) is 15.8. The number of halogens is 2. The third-order valence-corrected chi connectivity index (χ3v) is 5.34. The Labute approximate surface area is 137 Å². The predicted octanol–water partition coefficient (Wildman–Crippen LogP) is 5.10. The maximum atomic E-state index is 6.19. The van der Waals surface area contributed by atoms with Gasteiger partial charge in [0.15, 0.2) is 0 Å². The van der Waals surface area contributed by atoms with E-state index in [1.807, 2.05) is 19.2 Å². The van der Waals surface area contributed by atoms with Crippen molar-refractivity contribution in [2.75, 3.05) is 14.2 Å². The van der Waals surface area contributed by atoms with Crippen LogP contribution >= 0.6 is 38.9 Å². The number of ether oxygens (including phenoxy) is 1. The van der Waals surface area contributed by atoms with Crippen LogP contribution in [0.3, 0.4) is 0 Å². The summed E-state index contributed by atoms with van der Waals surface area (Å²) in [5.41, 5.74) is 2.35. The highest BCUT2D eigenvalue weighted by atomic mass is 79.9. The lowest BCUT2D eigenvalue weighted by atomic mass is 10.0. The molecule has 0 aliphatic heterocycles. The molecule has 0 radical (unpaired) electrons. The molecular formula is C15H17BrClNOS. The zero-order valence-corrected chi connectivity index (χ0v) is 15.0. The van der Waals surface area contributed by atoms with Gasteiger partial charge in [0, 0.05) is 20.3 Å². The molecule has 2 rings (SSSR count). The predicted molar refractivity (Wildman–Crippen MR) is 90.4 cm³/mol. The van der Waals surface area contributed by atoms with Gasteiger partial charge in [0.25, 0.3) is 0 Å². The Kier molecular flexibility index (Phi) is 5.13. The summed E-state index contributed by atoms with van der Waals surface area (Å²) in [4.78, 5) is 2.59. The average Bonchev–Trinajstić information content (AvgIpc) is 2.70. The van der Waals surface area contributed by atoms with Crippen molar-refractivity contribution in [1.82, 2.24) is 5.32 Å². The fourth-order valence-electron chi connectivity index (χ4n) is 2.21. The first-order valence-electron chi connectivity index (χ1n) is 6.25. The van der Waals surface area contributed by atoms with E-state index >= 15 is 0 Å². The lowest BCUT2D eigenvalue weighted by Crippen LogP contribution is -2.17. The van der Waals surface area contributed by atoms with Gasteiger partial charge in [-0.2, -0.15) is 0 Å². The molecule has 1 N–H and O–H groups in total. The normalized spacial score (nSPS) is 12.5. The number of rotatable bonds is 4. The van der Waals surface area contributed by atoms with E-state index in [0.717, 1.165) is 15.8 Å². The Bertz CT molecular complexity index is 607. The SMILES string of the molecule is CNC(c1cc(C)c(C)s1)c1cc(Cl)cc(Br)c1OC. The summed E-state index contributed by atoms with van der Waals surface area (Å²) in [7, 11) is 3.62. The summed E-state index contributed by atoms with van der Waals surface area (Å²) in [6.07, 6.45) is 0. The number of nitrogens with one attached hydrogen (secondary N) is 1. The van der Waals surface area contributed by atoms with Gasteiger partial charge in [0.05, 0.1) is 17.6 Å². The molecule has 2 nitrogen and oxygen atoms in total. The van der Waals surface area contributed by atoms with Crippen LogP contribution in [-0.2, 0) is 0 Å². The van der Waals surface area contributed by atoms with Crippen molar-refractivity contribution in [2.45, 2.75) is 19.9 Å². The van der Waals surface area contributed by atoms with Gasteiger partial charge in [-0.05, 0) is 60.6 Å². The molecular weight excluding hydrogens is 358 g/mol. The number of aryl methyl sites for hydroxylation is 2. The third kappa shape index (κ3) is 3.03. The average molecular weight is 375 g/mol. The highest BCUT2D eigenvalue weighted by Crippen LogP contribution is 2.40. The number of hydrogen-bond donors (Lipinski definition) is 1. The number of thiophene rings is 1. The van der Waals surface area contributed by atoms with Crippen molar-refractivity contribution in [3.05, 3.63) is 48.6 Å². The summed E-state index contributed by atoms with van der Waals surface area (Å²) >= 11 is 11.5. The van der Waals surface area contributed by atoms with E-state index in [4.69, 9.17) is 16.3 Å². The smallest absolute Gasteiger partial charge is 0.138 e. The van der Waals surface area contributed by atoms with Crippen LogP contribution in [-0.4, -0.2) is 14.2 Å². The van der Waals surface area contributed by atoms with Crippen molar-refractivity contribution in [3.8, 4) is 5.75 Å². The second-order valence-corrected chi connectivity index (χ2v) is 7.20. The van der Waals surface area contributed by atoms with Crippen LogP contribution in [0.4, 0.5) is 0 Å². The van der Waals surface area contributed by atoms with E-state index in [0.29, 0.717) is 5.02 Å². The quantitative estimate of drug-likeness (QED) is 0.804. The van der Waals surface area contributed by atoms with Crippen molar-refractivity contribution >= 4 is 38.9 Å². The Morgan fingerprint density at radius 3 is 2.50 bits per heavy atom. The van der Waals surface area contributed by atoms with E-state index in [1.165, 1.54) is 15.3 Å². The van der Waals surface area contributed by atoms with E-state index in [2.05, 4.69) is 41.2 Å². The number of hydrogen-bond acceptors (Lipinski definition) is 3. The van der Waals surface area contributed by atoms with Crippen molar-refractivity contribution in [1.29, 1.82) is 0 Å². The Morgan fingerprint density at radius 1 is 1.30 bits per heavy atom. The molecule has 0 amide bonds. The van der Waals surface area contributed by atoms with Crippen LogP contribution in [0.5, 0.6) is 5.75 Å². The second-order valence-electron chi connectivity index (χ2n) is 4.62. The molecule has 108 valence electrons. The number of benzene rings is 1. The van der Waals surface area contributed by atoms with Crippen LogP contribution in [0.2, 0.25) is 5.02 Å². The largest absolute Gasteiger partial charge is 0.495 e. The van der Waals surface area contributed by atoms with Gasteiger partial charge in [-0.1, -0.05) is 11.6 Å². The summed E-state index contributed by atoms with van der Waals surface area (Å²) in [5, 5.41) is 4.05. The van der Waals surface area contributed by atoms with Crippen molar-refractivity contribution in [3.63, 3.8) is 0 Å². The monoisotopic (exact) mass is 373 g/mol. The first-order valence-corrected chi connectivity index (χ1v) is 8.23. The molecule has 1 unspecified atom stereocenters. The fourth-order valence-corrected chi connectivity index (χ4v) is 4.37. The minimum absolute atomic E-state index is 0.0670. The summed E-state index contributed by atoms with van der Waals surface area (Å²) in [5.74, 6) is 0.817. The lowest BCUT2D eigenvalue weighted by Gasteiger charge is -2.19. The first-order chi connectivity index (χ1) is 9.47. The maximum absolute atomic E-state index is 6.19. The molecule has 1 atom stereocenters. The highest BCUT2D eigenvalue weighted by molar-refractivity contribution is 9.10. The van der Waals surface area contributed by atoms with Crippen molar-refractivity contribution < 1.29 is 4.74 Å². The second kappa shape index (κ2) is 6.48. The summed E-state index contributed by atoms with van der Waals surface area (Å²) in [6.45, 7) is 4.27. The van der Waals surface area contributed by atoms with E-state index in [9.17, 15) is 0 Å². The van der Waals surface area contributed by atoms with Crippen LogP contribution < -0.4 is 10.1 Å². The molecule has 0 saturated heterocycles. The Morgan fingerprint density at radius 2 is 2.00 bits per heavy atom. The minimum Gasteiger partial charge on any atom is -0.495 e. The van der Waals surface area contributed by atoms with Gasteiger partial charge in [-0.15, -0.1) is 11.3 Å². The molecule has 0 fully saturated rings. The van der Waals surface area contributed by atoms with Gasteiger partial charge in [-0.3, -0.25) is 0 Å². The molecule has 20 heavy (non-hydrogen) atoms. The molecule has 0 aliphatic rings. The Hall–Kier alpha value is -0.550.